The molecule has 3 heterocycles. The van der Waals surface area contributed by atoms with Crippen molar-refractivity contribution in [3.8, 4) is 17.2 Å². The molecule has 0 spiro atoms. The average Bonchev–Trinajstić information content (AvgIpc) is 3.46. The monoisotopic (exact) mass is 564 g/mol. The lowest BCUT2D eigenvalue weighted by Gasteiger charge is -2.28. The average molecular weight is 565 g/mol. The molecule has 1 aliphatic rings. The molecule has 0 bridgehead atoms. The van der Waals surface area contributed by atoms with Crippen LogP contribution >= 0.6 is 23.8 Å². The fourth-order valence-electron chi connectivity index (χ4n) is 5.46. The number of pyridine rings is 1. The van der Waals surface area contributed by atoms with Crippen molar-refractivity contribution < 1.29 is 4.74 Å². The van der Waals surface area contributed by atoms with Crippen LogP contribution in [0.3, 0.4) is 0 Å². The van der Waals surface area contributed by atoms with Gasteiger partial charge in [-0.25, -0.2) is 0 Å². The Morgan fingerprint density at radius 3 is 2.20 bits per heavy atom. The maximum Gasteiger partial charge on any atom is 0.174 e. The van der Waals surface area contributed by atoms with Gasteiger partial charge in [0.25, 0.3) is 0 Å². The minimum Gasteiger partial charge on any atom is -0.457 e. The first-order valence-electron chi connectivity index (χ1n) is 13.2. The van der Waals surface area contributed by atoms with Crippen molar-refractivity contribution in [3.63, 3.8) is 0 Å². The van der Waals surface area contributed by atoms with Crippen molar-refractivity contribution in [1.82, 2.24) is 14.9 Å². The Balaban J connectivity index is 1.41. The molecule has 2 atom stereocenters. The van der Waals surface area contributed by atoms with E-state index < -0.39 is 0 Å². The van der Waals surface area contributed by atoms with Gasteiger partial charge in [-0.05, 0) is 105 Å². The zero-order chi connectivity index (χ0) is 27.8. The van der Waals surface area contributed by atoms with Crippen LogP contribution in [-0.4, -0.2) is 14.7 Å². The number of halogens is 1. The number of para-hydroxylation sites is 1. The van der Waals surface area contributed by atoms with Gasteiger partial charge in [-0.1, -0.05) is 47.5 Å². The molecule has 40 heavy (non-hydrogen) atoms. The van der Waals surface area contributed by atoms with Gasteiger partial charge < -0.3 is 19.5 Å². The summed E-state index contributed by atoms with van der Waals surface area (Å²) in [6.07, 6.45) is 1.82. The van der Waals surface area contributed by atoms with Gasteiger partial charge >= 0.3 is 0 Å². The second kappa shape index (κ2) is 10.8. The van der Waals surface area contributed by atoms with Gasteiger partial charge in [-0.3, -0.25) is 4.98 Å². The van der Waals surface area contributed by atoms with Gasteiger partial charge in [0.1, 0.15) is 11.5 Å². The fourth-order valence-corrected chi connectivity index (χ4v) is 6.02. The molecule has 0 saturated carbocycles. The van der Waals surface area contributed by atoms with Crippen molar-refractivity contribution in [2.24, 2.45) is 0 Å². The molecule has 0 aliphatic carbocycles. The summed E-state index contributed by atoms with van der Waals surface area (Å²) in [5.74, 6) is 1.57. The molecule has 1 fully saturated rings. The smallest absolute Gasteiger partial charge is 0.174 e. The van der Waals surface area contributed by atoms with Crippen LogP contribution in [0.15, 0.2) is 103 Å². The van der Waals surface area contributed by atoms with Crippen LogP contribution in [0, 0.1) is 20.8 Å². The normalized spacial score (nSPS) is 16.7. The van der Waals surface area contributed by atoms with E-state index in [1.54, 1.807) is 0 Å². The number of thiocarbonyl (C=S) groups is 1. The zero-order valence-corrected chi connectivity index (χ0v) is 24.1. The first kappa shape index (κ1) is 26.1. The Morgan fingerprint density at radius 1 is 0.850 bits per heavy atom. The molecule has 0 unspecified atom stereocenters. The lowest BCUT2D eigenvalue weighted by molar-refractivity contribution is 0.482. The van der Waals surface area contributed by atoms with Crippen molar-refractivity contribution in [2.45, 2.75) is 32.9 Å². The largest absolute Gasteiger partial charge is 0.457 e. The third-order valence-electron chi connectivity index (χ3n) is 7.35. The van der Waals surface area contributed by atoms with Crippen LogP contribution in [0.25, 0.3) is 5.69 Å². The van der Waals surface area contributed by atoms with Crippen LogP contribution in [-0.2, 0) is 0 Å². The molecule has 0 amide bonds. The SMILES string of the molecule is Cc1ccc(Oc2ccc(N3C(=S)N[C@@H](c4ccccn4)[C@@H]3c3cc(C)n(-c4ccccc4Cl)c3C)cc2)cc1. The van der Waals surface area contributed by atoms with Gasteiger partial charge in [-0.15, -0.1) is 0 Å². The van der Waals surface area contributed by atoms with E-state index in [9.17, 15) is 0 Å². The molecule has 3 aromatic carbocycles. The number of hydrogen-bond acceptors (Lipinski definition) is 3. The van der Waals surface area contributed by atoms with E-state index in [0.717, 1.165) is 45.5 Å². The van der Waals surface area contributed by atoms with E-state index in [4.69, 9.17) is 33.5 Å². The van der Waals surface area contributed by atoms with E-state index in [1.165, 1.54) is 5.56 Å². The summed E-state index contributed by atoms with van der Waals surface area (Å²) in [5, 5.41) is 4.92. The van der Waals surface area contributed by atoms with E-state index in [1.807, 2.05) is 85.1 Å². The molecular formula is C33H29ClN4OS. The molecule has 5 nitrogen and oxygen atoms in total. The Labute approximate surface area is 245 Å². The highest BCUT2D eigenvalue weighted by Crippen LogP contribution is 2.44. The number of hydrogen-bond donors (Lipinski definition) is 1. The molecule has 200 valence electrons. The lowest BCUT2D eigenvalue weighted by atomic mass is 9.96. The number of nitrogens with zero attached hydrogens (tertiary/aromatic N) is 3. The second-order valence-electron chi connectivity index (χ2n) is 10.0. The summed E-state index contributed by atoms with van der Waals surface area (Å²) in [6, 6.07) is 32.0. The molecule has 1 aliphatic heterocycles. The number of anilines is 1. The van der Waals surface area contributed by atoms with E-state index >= 15 is 0 Å². The van der Waals surface area contributed by atoms with E-state index in [2.05, 4.69) is 53.8 Å². The standard InChI is InChI=1S/C33H29ClN4OS/c1-21-11-15-25(16-12-21)39-26-17-13-24(14-18-26)38-32(31(36-33(38)40)29-9-6-7-19-35-29)27-20-22(2)37(23(27)3)30-10-5-4-8-28(30)34/h4-20,31-32H,1-3H3,(H,36,40)/t31-,32-/m0/s1. The van der Waals surface area contributed by atoms with Crippen LogP contribution in [0.1, 0.15) is 40.3 Å². The van der Waals surface area contributed by atoms with E-state index in [0.29, 0.717) is 10.1 Å². The molecule has 0 radical (unpaired) electrons. The van der Waals surface area contributed by atoms with Crippen LogP contribution in [0.5, 0.6) is 11.5 Å². The van der Waals surface area contributed by atoms with Crippen molar-refractivity contribution in [2.75, 3.05) is 4.90 Å². The maximum absolute atomic E-state index is 6.64. The third-order valence-corrected chi connectivity index (χ3v) is 7.99. The minimum absolute atomic E-state index is 0.131. The first-order chi connectivity index (χ1) is 19.4. The minimum atomic E-state index is -0.141. The third kappa shape index (κ3) is 4.85. The van der Waals surface area contributed by atoms with Gasteiger partial charge in [0, 0.05) is 23.3 Å². The molecular weight excluding hydrogens is 536 g/mol. The van der Waals surface area contributed by atoms with Crippen LogP contribution < -0.4 is 15.0 Å². The van der Waals surface area contributed by atoms with Crippen molar-refractivity contribution in [3.05, 3.63) is 136 Å². The fraction of sp³-hybridized carbons (Fsp3) is 0.152. The number of rotatable bonds is 6. The molecule has 6 rings (SSSR count). The van der Waals surface area contributed by atoms with Gasteiger partial charge in [0.2, 0.25) is 0 Å². The lowest BCUT2D eigenvalue weighted by Crippen LogP contribution is -2.29. The number of aromatic nitrogens is 2. The topological polar surface area (TPSA) is 42.3 Å². The Hall–Kier alpha value is -4.13. The predicted molar refractivity (Wildman–Crippen MR) is 166 cm³/mol. The quantitative estimate of drug-likeness (QED) is 0.210. The molecule has 1 N–H and O–H groups in total. The van der Waals surface area contributed by atoms with E-state index in [-0.39, 0.29) is 12.1 Å². The van der Waals surface area contributed by atoms with Crippen molar-refractivity contribution >= 4 is 34.6 Å². The second-order valence-corrected chi connectivity index (χ2v) is 10.8. The molecule has 5 aromatic rings. The van der Waals surface area contributed by atoms with Gasteiger partial charge in [0.15, 0.2) is 5.11 Å². The number of nitrogens with one attached hydrogen (secondary N) is 1. The molecule has 2 aromatic heterocycles. The van der Waals surface area contributed by atoms with Gasteiger partial charge in [-0.2, -0.15) is 0 Å². The summed E-state index contributed by atoms with van der Waals surface area (Å²) in [4.78, 5) is 6.88. The summed E-state index contributed by atoms with van der Waals surface area (Å²) < 4.78 is 8.30. The Kier molecular flexibility index (Phi) is 7.05. The molecule has 1 saturated heterocycles. The Bertz CT molecular complexity index is 1670. The maximum atomic E-state index is 6.64. The van der Waals surface area contributed by atoms with Crippen LogP contribution in [0.2, 0.25) is 5.02 Å². The zero-order valence-electron chi connectivity index (χ0n) is 22.5. The number of benzene rings is 3. The first-order valence-corrected chi connectivity index (χ1v) is 14.0. The number of ether oxygens (including phenoxy) is 1. The Morgan fingerprint density at radius 2 is 1.52 bits per heavy atom. The van der Waals surface area contributed by atoms with Crippen molar-refractivity contribution in [1.29, 1.82) is 0 Å². The van der Waals surface area contributed by atoms with Crippen LogP contribution in [0.4, 0.5) is 5.69 Å². The summed E-state index contributed by atoms with van der Waals surface area (Å²) in [6.45, 7) is 6.31. The highest BCUT2D eigenvalue weighted by molar-refractivity contribution is 7.80. The summed E-state index contributed by atoms with van der Waals surface area (Å²) in [5.41, 5.74) is 7.41. The predicted octanol–water partition coefficient (Wildman–Crippen LogP) is 8.42. The highest BCUT2D eigenvalue weighted by Gasteiger charge is 2.42. The summed E-state index contributed by atoms with van der Waals surface area (Å²) >= 11 is 12.6. The highest BCUT2D eigenvalue weighted by atomic mass is 35.5. The number of aryl methyl sites for hydroxylation is 2. The summed E-state index contributed by atoms with van der Waals surface area (Å²) in [7, 11) is 0. The van der Waals surface area contributed by atoms with Gasteiger partial charge in [0.05, 0.1) is 28.5 Å². The molecule has 7 heteroatoms.